The lowest BCUT2D eigenvalue weighted by Crippen LogP contribution is -2.49. The Morgan fingerprint density at radius 2 is 1.72 bits per heavy atom. The number of carbonyl (C=O) groups is 1. The van der Waals surface area contributed by atoms with Gasteiger partial charge in [-0.05, 0) is 42.8 Å². The molecule has 0 saturated carbocycles. The monoisotopic (exact) mass is 539 g/mol. The van der Waals surface area contributed by atoms with E-state index in [2.05, 4.69) is 25.2 Å². The van der Waals surface area contributed by atoms with E-state index in [1.54, 1.807) is 23.1 Å². The van der Waals surface area contributed by atoms with E-state index in [4.69, 9.17) is 23.2 Å². The first-order valence-corrected chi connectivity index (χ1v) is 13.1. The molecule has 0 radical (unpaired) electrons. The predicted octanol–water partition coefficient (Wildman–Crippen LogP) is 4.93. The van der Waals surface area contributed by atoms with Crippen molar-refractivity contribution in [1.82, 2.24) is 29.9 Å². The van der Waals surface area contributed by atoms with Crippen molar-refractivity contribution < 1.29 is 4.79 Å². The van der Waals surface area contributed by atoms with E-state index in [9.17, 15) is 4.79 Å². The summed E-state index contributed by atoms with van der Waals surface area (Å²) >= 11 is 14.2. The molecule has 36 heavy (non-hydrogen) atoms. The summed E-state index contributed by atoms with van der Waals surface area (Å²) < 4.78 is 1.68. The second kappa shape index (κ2) is 10.9. The summed E-state index contributed by atoms with van der Waals surface area (Å²) in [6.45, 7) is 4.41. The molecule has 1 aliphatic rings. The fraction of sp³-hybridized carbons (Fsp3) is 0.240. The smallest absolute Gasteiger partial charge is 0.276 e. The third-order valence-corrected chi connectivity index (χ3v) is 7.62. The number of anilines is 1. The van der Waals surface area contributed by atoms with Crippen molar-refractivity contribution in [2.45, 2.75) is 17.8 Å². The van der Waals surface area contributed by atoms with Crippen molar-refractivity contribution in [1.29, 1.82) is 0 Å². The van der Waals surface area contributed by atoms with Crippen molar-refractivity contribution in [2.75, 3.05) is 31.1 Å². The molecule has 0 spiro atoms. The summed E-state index contributed by atoms with van der Waals surface area (Å²) in [6, 6.07) is 15.2. The number of rotatable bonds is 6. The lowest BCUT2D eigenvalue weighted by Gasteiger charge is -2.36. The quantitative estimate of drug-likeness (QED) is 0.254. The molecule has 8 nitrogen and oxygen atoms in total. The van der Waals surface area contributed by atoms with Gasteiger partial charge in [-0.2, -0.15) is 0 Å². The minimum Gasteiger partial charge on any atom is -0.367 e. The Morgan fingerprint density at radius 1 is 0.972 bits per heavy atom. The number of benzene rings is 2. The van der Waals surface area contributed by atoms with Crippen molar-refractivity contribution in [3.63, 3.8) is 0 Å². The van der Waals surface area contributed by atoms with Crippen LogP contribution in [0.1, 0.15) is 21.7 Å². The fourth-order valence-electron chi connectivity index (χ4n) is 4.02. The summed E-state index contributed by atoms with van der Waals surface area (Å²) in [5.41, 5.74) is 3.67. The molecule has 0 bridgehead atoms. The third-order valence-electron chi connectivity index (χ3n) is 6.01. The molecule has 0 unspecified atom stereocenters. The van der Waals surface area contributed by atoms with E-state index in [0.717, 1.165) is 16.9 Å². The van der Waals surface area contributed by atoms with Crippen LogP contribution in [0.15, 0.2) is 66.1 Å². The van der Waals surface area contributed by atoms with Crippen molar-refractivity contribution in [3.8, 4) is 5.69 Å². The maximum Gasteiger partial charge on any atom is 0.276 e. The first kappa shape index (κ1) is 24.5. The van der Waals surface area contributed by atoms with E-state index in [-0.39, 0.29) is 5.91 Å². The largest absolute Gasteiger partial charge is 0.367 e. The zero-order valence-electron chi connectivity index (χ0n) is 19.5. The zero-order valence-corrected chi connectivity index (χ0v) is 21.8. The van der Waals surface area contributed by atoms with Crippen LogP contribution < -0.4 is 4.90 Å². The Morgan fingerprint density at radius 3 is 2.44 bits per heavy atom. The van der Waals surface area contributed by atoms with E-state index in [0.29, 0.717) is 58.5 Å². The maximum atomic E-state index is 13.6. The van der Waals surface area contributed by atoms with Gasteiger partial charge in [-0.15, -0.1) is 5.10 Å². The summed E-state index contributed by atoms with van der Waals surface area (Å²) in [4.78, 5) is 26.2. The average molecular weight is 540 g/mol. The summed E-state index contributed by atoms with van der Waals surface area (Å²) in [6.07, 6.45) is 3.38. The van der Waals surface area contributed by atoms with Crippen LogP contribution in [0, 0.1) is 6.92 Å². The van der Waals surface area contributed by atoms with Gasteiger partial charge in [0.15, 0.2) is 10.9 Å². The maximum absolute atomic E-state index is 13.6. The number of hydrogen-bond donors (Lipinski definition) is 0. The normalized spacial score (nSPS) is 13.8. The molecule has 0 atom stereocenters. The van der Waals surface area contributed by atoms with Crippen LogP contribution in [0.5, 0.6) is 0 Å². The Balaban J connectivity index is 1.39. The number of aromatic nitrogens is 5. The minimum atomic E-state index is -0.150. The summed E-state index contributed by atoms with van der Waals surface area (Å²) in [7, 11) is 0. The van der Waals surface area contributed by atoms with Crippen molar-refractivity contribution in [2.24, 2.45) is 0 Å². The molecule has 5 rings (SSSR count). The van der Waals surface area contributed by atoms with Gasteiger partial charge in [0.25, 0.3) is 5.91 Å². The fourth-order valence-corrected chi connectivity index (χ4v) is 5.25. The number of carbonyl (C=O) groups excluding carboxylic acids is 1. The Bertz CT molecular complexity index is 1370. The van der Waals surface area contributed by atoms with Gasteiger partial charge < -0.3 is 9.80 Å². The lowest BCUT2D eigenvalue weighted by molar-refractivity contribution is 0.0740. The first-order valence-electron chi connectivity index (χ1n) is 11.4. The highest BCUT2D eigenvalue weighted by atomic mass is 35.5. The Labute approximate surface area is 223 Å². The number of piperazine rings is 1. The predicted molar refractivity (Wildman–Crippen MR) is 142 cm³/mol. The van der Waals surface area contributed by atoms with E-state index < -0.39 is 0 Å². The van der Waals surface area contributed by atoms with Gasteiger partial charge in [0.1, 0.15) is 0 Å². The van der Waals surface area contributed by atoms with Gasteiger partial charge >= 0.3 is 0 Å². The molecule has 1 amide bonds. The van der Waals surface area contributed by atoms with E-state index in [1.807, 2.05) is 54.3 Å². The zero-order chi connectivity index (χ0) is 25.1. The Hall–Kier alpha value is -3.14. The van der Waals surface area contributed by atoms with Gasteiger partial charge in [-0.1, -0.05) is 58.4 Å². The molecule has 4 aromatic rings. The number of aryl methyl sites for hydroxylation is 1. The van der Waals surface area contributed by atoms with Crippen LogP contribution in [0.4, 0.5) is 5.69 Å². The van der Waals surface area contributed by atoms with Gasteiger partial charge in [-0.3, -0.25) is 4.79 Å². The van der Waals surface area contributed by atoms with Gasteiger partial charge in [-0.25, -0.2) is 14.6 Å². The standard InChI is InChI=1S/C25H23Cl2N7OS/c1-17-7-8-18(15-20(17)27)34-22(16-36-25-28-9-4-10-29-25)23(30-31-34)24(35)33-13-11-32(12-14-33)21-6-3-2-5-19(21)26/h2-10,15H,11-14,16H2,1H3. The molecule has 1 saturated heterocycles. The molecule has 2 aromatic heterocycles. The topological polar surface area (TPSA) is 80.0 Å². The highest BCUT2D eigenvalue weighted by Crippen LogP contribution is 2.28. The highest BCUT2D eigenvalue weighted by molar-refractivity contribution is 7.98. The van der Waals surface area contributed by atoms with Crippen molar-refractivity contribution >= 4 is 46.6 Å². The molecular weight excluding hydrogens is 517 g/mol. The van der Waals surface area contributed by atoms with Crippen LogP contribution in [-0.4, -0.2) is 61.9 Å². The Kier molecular flexibility index (Phi) is 7.41. The molecular formula is C25H23Cl2N7OS. The number of amides is 1. The first-order chi connectivity index (χ1) is 17.5. The summed E-state index contributed by atoms with van der Waals surface area (Å²) in [5.74, 6) is 0.270. The molecule has 0 aliphatic carbocycles. The molecule has 0 N–H and O–H groups in total. The summed E-state index contributed by atoms with van der Waals surface area (Å²) in [5, 5.41) is 10.6. The number of para-hydroxylation sites is 1. The number of halogens is 2. The molecule has 2 aromatic carbocycles. The van der Waals surface area contributed by atoms with Crippen LogP contribution in [0.3, 0.4) is 0 Å². The molecule has 184 valence electrons. The van der Waals surface area contributed by atoms with E-state index in [1.165, 1.54) is 11.8 Å². The third kappa shape index (κ3) is 5.18. The lowest BCUT2D eigenvalue weighted by atomic mass is 10.2. The second-order valence-corrected chi connectivity index (χ2v) is 10.0. The highest BCUT2D eigenvalue weighted by Gasteiger charge is 2.29. The average Bonchev–Trinajstić information content (AvgIpc) is 3.33. The van der Waals surface area contributed by atoms with Crippen LogP contribution in [0.25, 0.3) is 5.69 Å². The van der Waals surface area contributed by atoms with Crippen LogP contribution >= 0.6 is 35.0 Å². The van der Waals surface area contributed by atoms with Crippen LogP contribution in [0.2, 0.25) is 10.0 Å². The molecule has 11 heteroatoms. The number of thioether (sulfide) groups is 1. The van der Waals surface area contributed by atoms with E-state index >= 15 is 0 Å². The minimum absolute atomic E-state index is 0.150. The molecule has 3 heterocycles. The molecule has 1 fully saturated rings. The van der Waals surface area contributed by atoms with Crippen molar-refractivity contribution in [3.05, 3.63) is 87.9 Å². The van der Waals surface area contributed by atoms with Gasteiger partial charge in [0.05, 0.1) is 22.1 Å². The second-order valence-electron chi connectivity index (χ2n) is 8.28. The van der Waals surface area contributed by atoms with Crippen LogP contribution in [-0.2, 0) is 5.75 Å². The van der Waals surface area contributed by atoms with Gasteiger partial charge in [0.2, 0.25) is 0 Å². The number of nitrogens with zero attached hydrogens (tertiary/aromatic N) is 7. The number of hydrogen-bond acceptors (Lipinski definition) is 7. The SMILES string of the molecule is Cc1ccc(-n2nnc(C(=O)N3CCN(c4ccccc4Cl)CC3)c2CSc2ncccn2)cc1Cl. The van der Waals surface area contributed by atoms with Gasteiger partial charge in [0, 0.05) is 49.3 Å². The molecule has 1 aliphatic heterocycles.